The minimum atomic E-state index is -0.570. The SMILES string of the molecule is O=C(COC(=O)c1ccc2[nH]ncc2c1)NC[C@@H]1COc2ccccc2O1. The van der Waals surface area contributed by atoms with Crippen LogP contribution in [0.5, 0.6) is 11.5 Å². The average molecular weight is 367 g/mol. The number of ether oxygens (including phenoxy) is 3. The molecule has 1 aliphatic heterocycles. The number of fused-ring (bicyclic) bond motifs is 2. The molecule has 0 fully saturated rings. The zero-order chi connectivity index (χ0) is 18.6. The van der Waals surface area contributed by atoms with Gasteiger partial charge in [-0.05, 0) is 30.3 Å². The molecule has 0 saturated heterocycles. The lowest BCUT2D eigenvalue weighted by molar-refractivity contribution is -0.124. The second-order valence-corrected chi connectivity index (χ2v) is 6.05. The van der Waals surface area contributed by atoms with Gasteiger partial charge in [0.25, 0.3) is 5.91 Å². The molecule has 0 bridgehead atoms. The number of rotatable bonds is 5. The number of para-hydroxylation sites is 2. The monoisotopic (exact) mass is 367 g/mol. The van der Waals surface area contributed by atoms with Crippen molar-refractivity contribution < 1.29 is 23.8 Å². The molecule has 2 heterocycles. The van der Waals surface area contributed by atoms with Gasteiger partial charge < -0.3 is 19.5 Å². The molecule has 3 aromatic rings. The first-order valence-electron chi connectivity index (χ1n) is 8.44. The number of carbonyl (C=O) groups is 2. The number of amides is 1. The maximum absolute atomic E-state index is 12.1. The third-order valence-electron chi connectivity index (χ3n) is 4.10. The first kappa shape index (κ1) is 16.9. The van der Waals surface area contributed by atoms with Crippen molar-refractivity contribution in [1.29, 1.82) is 0 Å². The van der Waals surface area contributed by atoms with E-state index in [9.17, 15) is 9.59 Å². The Kier molecular flexibility index (Phi) is 4.61. The Morgan fingerprint density at radius 2 is 2.07 bits per heavy atom. The van der Waals surface area contributed by atoms with Crippen molar-refractivity contribution in [2.45, 2.75) is 6.10 Å². The molecule has 0 unspecified atom stereocenters. The Bertz CT molecular complexity index is 984. The molecule has 138 valence electrons. The fourth-order valence-electron chi connectivity index (χ4n) is 2.73. The topological polar surface area (TPSA) is 103 Å². The van der Waals surface area contributed by atoms with Crippen LogP contribution in [0.3, 0.4) is 0 Å². The Balaban J connectivity index is 1.24. The van der Waals surface area contributed by atoms with Gasteiger partial charge in [-0.15, -0.1) is 0 Å². The largest absolute Gasteiger partial charge is 0.486 e. The van der Waals surface area contributed by atoms with E-state index >= 15 is 0 Å². The predicted molar refractivity (Wildman–Crippen MR) is 95.7 cm³/mol. The number of nitrogens with one attached hydrogen (secondary N) is 2. The van der Waals surface area contributed by atoms with Crippen LogP contribution in [0.25, 0.3) is 10.9 Å². The predicted octanol–water partition coefficient (Wildman–Crippen LogP) is 1.68. The minimum absolute atomic E-state index is 0.256. The molecule has 0 radical (unpaired) electrons. The van der Waals surface area contributed by atoms with Gasteiger partial charge in [0.2, 0.25) is 0 Å². The molecule has 27 heavy (non-hydrogen) atoms. The summed E-state index contributed by atoms with van der Waals surface area (Å²) in [6.45, 7) is 0.222. The summed E-state index contributed by atoms with van der Waals surface area (Å²) < 4.78 is 16.4. The molecule has 0 spiro atoms. The highest BCUT2D eigenvalue weighted by Gasteiger charge is 2.21. The summed E-state index contributed by atoms with van der Waals surface area (Å²) in [5.41, 5.74) is 1.18. The summed E-state index contributed by atoms with van der Waals surface area (Å²) in [6.07, 6.45) is 1.31. The van der Waals surface area contributed by atoms with Gasteiger partial charge in [-0.2, -0.15) is 5.10 Å². The molecular formula is C19H17N3O5. The molecule has 2 aromatic carbocycles. The van der Waals surface area contributed by atoms with Gasteiger partial charge in [0, 0.05) is 5.39 Å². The smallest absolute Gasteiger partial charge is 0.338 e. The lowest BCUT2D eigenvalue weighted by Crippen LogP contribution is -2.42. The number of H-pyrrole nitrogens is 1. The van der Waals surface area contributed by atoms with Crippen molar-refractivity contribution in [2.24, 2.45) is 0 Å². The number of hydrogen-bond acceptors (Lipinski definition) is 6. The molecule has 1 amide bonds. The van der Waals surface area contributed by atoms with Gasteiger partial charge in [-0.25, -0.2) is 4.79 Å². The number of hydrogen-bond donors (Lipinski definition) is 2. The van der Waals surface area contributed by atoms with E-state index in [1.165, 1.54) is 0 Å². The molecular weight excluding hydrogens is 350 g/mol. The number of carbonyl (C=O) groups excluding carboxylic acids is 2. The van der Waals surface area contributed by atoms with Crippen LogP contribution in [-0.2, 0) is 9.53 Å². The fourth-order valence-corrected chi connectivity index (χ4v) is 2.73. The maximum atomic E-state index is 12.1. The summed E-state index contributed by atoms with van der Waals surface area (Å²) >= 11 is 0. The zero-order valence-corrected chi connectivity index (χ0v) is 14.3. The average Bonchev–Trinajstić information content (AvgIpc) is 3.18. The third-order valence-corrected chi connectivity index (χ3v) is 4.10. The van der Waals surface area contributed by atoms with Gasteiger partial charge in [0.05, 0.1) is 23.8 Å². The number of aromatic nitrogens is 2. The van der Waals surface area contributed by atoms with Gasteiger partial charge >= 0.3 is 5.97 Å². The van der Waals surface area contributed by atoms with Crippen LogP contribution in [-0.4, -0.2) is 47.9 Å². The molecule has 0 aliphatic carbocycles. The number of nitrogens with zero attached hydrogens (tertiary/aromatic N) is 1. The normalized spacial score (nSPS) is 15.3. The van der Waals surface area contributed by atoms with Crippen LogP contribution in [0.1, 0.15) is 10.4 Å². The first-order chi connectivity index (χ1) is 13.2. The Morgan fingerprint density at radius 3 is 2.96 bits per heavy atom. The van der Waals surface area contributed by atoms with Crippen LogP contribution in [0.4, 0.5) is 0 Å². The second-order valence-electron chi connectivity index (χ2n) is 6.05. The van der Waals surface area contributed by atoms with E-state index in [1.807, 2.05) is 24.3 Å². The van der Waals surface area contributed by atoms with Crippen molar-refractivity contribution in [3.05, 3.63) is 54.2 Å². The standard InChI is InChI=1S/C19H17N3O5/c23-18(20-9-14-10-25-16-3-1-2-4-17(16)27-14)11-26-19(24)12-5-6-15-13(7-12)8-21-22-15/h1-8,14H,9-11H2,(H,20,23)(H,21,22)/t14-/m1/s1. The van der Waals surface area contributed by atoms with Gasteiger partial charge in [-0.3, -0.25) is 9.89 Å². The highest BCUT2D eigenvalue weighted by molar-refractivity contribution is 5.95. The Hall–Kier alpha value is -3.55. The van der Waals surface area contributed by atoms with Crippen molar-refractivity contribution in [2.75, 3.05) is 19.8 Å². The van der Waals surface area contributed by atoms with Gasteiger partial charge in [-0.1, -0.05) is 12.1 Å². The molecule has 1 atom stereocenters. The van der Waals surface area contributed by atoms with Crippen molar-refractivity contribution >= 4 is 22.8 Å². The molecule has 2 N–H and O–H groups in total. The van der Waals surface area contributed by atoms with E-state index in [1.54, 1.807) is 24.4 Å². The quantitative estimate of drug-likeness (QED) is 0.665. The second kappa shape index (κ2) is 7.36. The number of aromatic amines is 1. The summed E-state index contributed by atoms with van der Waals surface area (Å²) in [5.74, 6) is 0.349. The number of benzene rings is 2. The van der Waals surface area contributed by atoms with Crippen LogP contribution in [0.15, 0.2) is 48.7 Å². The highest BCUT2D eigenvalue weighted by atomic mass is 16.6. The van der Waals surface area contributed by atoms with Crippen molar-refractivity contribution in [1.82, 2.24) is 15.5 Å². The van der Waals surface area contributed by atoms with E-state index in [0.29, 0.717) is 23.7 Å². The van der Waals surface area contributed by atoms with Crippen molar-refractivity contribution in [3.63, 3.8) is 0 Å². The van der Waals surface area contributed by atoms with Gasteiger partial charge in [0.15, 0.2) is 18.1 Å². The van der Waals surface area contributed by atoms with Crippen LogP contribution in [0, 0.1) is 0 Å². The molecule has 8 nitrogen and oxygen atoms in total. The maximum Gasteiger partial charge on any atom is 0.338 e. The van der Waals surface area contributed by atoms with E-state index in [4.69, 9.17) is 14.2 Å². The van der Waals surface area contributed by atoms with E-state index in [0.717, 1.165) is 10.9 Å². The minimum Gasteiger partial charge on any atom is -0.486 e. The molecule has 1 aliphatic rings. The summed E-state index contributed by atoms with van der Waals surface area (Å²) in [7, 11) is 0. The molecule has 8 heteroatoms. The summed E-state index contributed by atoms with van der Waals surface area (Å²) in [6, 6.07) is 12.4. The molecule has 1 aromatic heterocycles. The van der Waals surface area contributed by atoms with Crippen LogP contribution >= 0.6 is 0 Å². The van der Waals surface area contributed by atoms with E-state index < -0.39 is 11.9 Å². The lowest BCUT2D eigenvalue weighted by Gasteiger charge is -2.26. The fraction of sp³-hybridized carbons (Fsp3) is 0.211. The van der Waals surface area contributed by atoms with Crippen LogP contribution < -0.4 is 14.8 Å². The Morgan fingerprint density at radius 1 is 1.22 bits per heavy atom. The van der Waals surface area contributed by atoms with Crippen LogP contribution in [0.2, 0.25) is 0 Å². The Labute approximate surface area is 154 Å². The summed E-state index contributed by atoms with van der Waals surface area (Å²) in [4.78, 5) is 24.0. The number of esters is 1. The zero-order valence-electron chi connectivity index (χ0n) is 14.3. The van der Waals surface area contributed by atoms with E-state index in [-0.39, 0.29) is 19.3 Å². The lowest BCUT2D eigenvalue weighted by atomic mass is 10.2. The van der Waals surface area contributed by atoms with E-state index in [2.05, 4.69) is 15.5 Å². The summed E-state index contributed by atoms with van der Waals surface area (Å²) in [5, 5.41) is 10.2. The first-order valence-corrected chi connectivity index (χ1v) is 8.44. The molecule has 0 saturated carbocycles. The van der Waals surface area contributed by atoms with Gasteiger partial charge in [0.1, 0.15) is 12.7 Å². The van der Waals surface area contributed by atoms with Crippen molar-refractivity contribution in [3.8, 4) is 11.5 Å². The highest BCUT2D eigenvalue weighted by Crippen LogP contribution is 2.30. The molecule has 4 rings (SSSR count). The third kappa shape index (κ3) is 3.84.